The van der Waals surface area contributed by atoms with Crippen LogP contribution in [-0.4, -0.2) is 39.3 Å². The highest BCUT2D eigenvalue weighted by molar-refractivity contribution is 7.13. The van der Waals surface area contributed by atoms with Gasteiger partial charge in [-0.1, -0.05) is 38.1 Å². The molecule has 0 aliphatic heterocycles. The van der Waals surface area contributed by atoms with E-state index in [1.807, 2.05) is 61.7 Å². The summed E-state index contributed by atoms with van der Waals surface area (Å²) < 4.78 is 6.87. The molecular weight excluding hydrogens is 376 g/mol. The average Bonchev–Trinajstić information content (AvgIpc) is 3.36. The van der Waals surface area contributed by atoms with Crippen LogP contribution in [0.5, 0.6) is 0 Å². The summed E-state index contributed by atoms with van der Waals surface area (Å²) in [6.07, 6.45) is -0.930. The number of ether oxygens (including phenoxy) is 1. The molecule has 7 nitrogen and oxygen atoms in total. The zero-order chi connectivity index (χ0) is 20.1. The number of hydrogen-bond acceptors (Lipinski definition) is 6. The van der Waals surface area contributed by atoms with Crippen LogP contribution in [0.15, 0.2) is 47.8 Å². The van der Waals surface area contributed by atoms with E-state index in [0.29, 0.717) is 18.3 Å². The predicted octanol–water partition coefficient (Wildman–Crippen LogP) is 3.31. The van der Waals surface area contributed by atoms with Crippen molar-refractivity contribution < 1.29 is 14.3 Å². The second kappa shape index (κ2) is 8.79. The van der Waals surface area contributed by atoms with Crippen LogP contribution in [-0.2, 0) is 9.53 Å². The first-order chi connectivity index (χ1) is 13.5. The molecule has 1 unspecified atom stereocenters. The highest BCUT2D eigenvalue weighted by atomic mass is 32.1. The molecule has 2 heterocycles. The van der Waals surface area contributed by atoms with E-state index >= 15 is 0 Å². The monoisotopic (exact) mass is 398 g/mol. The molecule has 0 saturated carbocycles. The van der Waals surface area contributed by atoms with Crippen molar-refractivity contribution in [2.45, 2.75) is 26.9 Å². The Hall–Kier alpha value is -3.00. The minimum Gasteiger partial charge on any atom is -0.447 e. The molecule has 2 aromatic heterocycles. The Labute approximate surface area is 167 Å². The van der Waals surface area contributed by atoms with E-state index in [9.17, 15) is 9.59 Å². The number of amides is 1. The van der Waals surface area contributed by atoms with E-state index in [1.165, 1.54) is 18.3 Å². The molecule has 8 heteroatoms. The SMILES string of the molecule is CC(C)CNC(=O)C(C)OC(=O)c1nc(-c2cccs2)n(-c2ccccc2)n1. The van der Waals surface area contributed by atoms with Crippen LogP contribution in [0.2, 0.25) is 0 Å². The van der Waals surface area contributed by atoms with Gasteiger partial charge in [0.05, 0.1) is 10.6 Å². The van der Waals surface area contributed by atoms with Crippen molar-refractivity contribution in [2.24, 2.45) is 5.92 Å². The first kappa shape index (κ1) is 19.8. The molecule has 1 amide bonds. The van der Waals surface area contributed by atoms with Crippen molar-refractivity contribution in [3.8, 4) is 16.4 Å². The van der Waals surface area contributed by atoms with Gasteiger partial charge in [0.25, 0.3) is 11.7 Å². The van der Waals surface area contributed by atoms with Gasteiger partial charge >= 0.3 is 5.97 Å². The van der Waals surface area contributed by atoms with Crippen molar-refractivity contribution in [1.82, 2.24) is 20.1 Å². The molecular formula is C20H22N4O3S. The van der Waals surface area contributed by atoms with Gasteiger partial charge in [-0.15, -0.1) is 16.4 Å². The fraction of sp³-hybridized carbons (Fsp3) is 0.300. The molecule has 28 heavy (non-hydrogen) atoms. The number of para-hydroxylation sites is 1. The number of hydrogen-bond donors (Lipinski definition) is 1. The van der Waals surface area contributed by atoms with Crippen molar-refractivity contribution in [3.05, 3.63) is 53.7 Å². The number of nitrogens with one attached hydrogen (secondary N) is 1. The molecule has 1 aromatic carbocycles. The van der Waals surface area contributed by atoms with E-state index in [1.54, 1.807) is 4.68 Å². The van der Waals surface area contributed by atoms with E-state index in [2.05, 4.69) is 15.4 Å². The zero-order valence-corrected chi connectivity index (χ0v) is 16.8. The molecule has 3 rings (SSSR count). The van der Waals surface area contributed by atoms with Crippen molar-refractivity contribution in [1.29, 1.82) is 0 Å². The highest BCUT2D eigenvalue weighted by Crippen LogP contribution is 2.25. The largest absolute Gasteiger partial charge is 0.447 e. The number of benzene rings is 1. The van der Waals surface area contributed by atoms with Crippen LogP contribution in [0.1, 0.15) is 31.4 Å². The number of aromatic nitrogens is 3. The van der Waals surface area contributed by atoms with Crippen LogP contribution in [0, 0.1) is 5.92 Å². The maximum Gasteiger partial charge on any atom is 0.379 e. The van der Waals surface area contributed by atoms with Gasteiger partial charge in [0.1, 0.15) is 0 Å². The van der Waals surface area contributed by atoms with Crippen LogP contribution >= 0.6 is 11.3 Å². The second-order valence-electron chi connectivity index (χ2n) is 6.67. The van der Waals surface area contributed by atoms with Gasteiger partial charge in [0.2, 0.25) is 0 Å². The fourth-order valence-electron chi connectivity index (χ4n) is 2.43. The maximum atomic E-state index is 12.5. The molecule has 146 valence electrons. The normalized spacial score (nSPS) is 12.0. The lowest BCUT2D eigenvalue weighted by Gasteiger charge is -2.13. The lowest BCUT2D eigenvalue weighted by atomic mass is 10.2. The van der Waals surface area contributed by atoms with Gasteiger partial charge in [-0.3, -0.25) is 4.79 Å². The Morgan fingerprint density at radius 3 is 2.54 bits per heavy atom. The second-order valence-corrected chi connectivity index (χ2v) is 7.62. The Balaban J connectivity index is 1.82. The van der Waals surface area contributed by atoms with Crippen molar-refractivity contribution >= 4 is 23.2 Å². The van der Waals surface area contributed by atoms with Gasteiger partial charge in [-0.2, -0.15) is 4.98 Å². The topological polar surface area (TPSA) is 86.1 Å². The number of esters is 1. The smallest absolute Gasteiger partial charge is 0.379 e. The fourth-order valence-corrected chi connectivity index (χ4v) is 3.13. The third-order valence-electron chi connectivity index (χ3n) is 3.87. The Bertz CT molecular complexity index is 936. The van der Waals surface area contributed by atoms with E-state index in [0.717, 1.165) is 10.6 Å². The molecule has 0 aliphatic rings. The number of nitrogens with zero attached hydrogens (tertiary/aromatic N) is 3. The highest BCUT2D eigenvalue weighted by Gasteiger charge is 2.24. The molecule has 0 radical (unpaired) electrons. The number of carbonyl (C=O) groups excluding carboxylic acids is 2. The van der Waals surface area contributed by atoms with Gasteiger partial charge in [-0.25, -0.2) is 9.48 Å². The van der Waals surface area contributed by atoms with Crippen LogP contribution in [0.4, 0.5) is 0 Å². The van der Waals surface area contributed by atoms with Crippen LogP contribution in [0.25, 0.3) is 16.4 Å². The summed E-state index contributed by atoms with van der Waals surface area (Å²) in [5.41, 5.74) is 0.778. The molecule has 0 fully saturated rings. The first-order valence-electron chi connectivity index (χ1n) is 9.00. The maximum absolute atomic E-state index is 12.5. The lowest BCUT2D eigenvalue weighted by Crippen LogP contribution is -2.37. The third-order valence-corrected chi connectivity index (χ3v) is 4.74. The quantitative estimate of drug-likeness (QED) is 0.617. The third kappa shape index (κ3) is 4.64. The molecule has 0 bridgehead atoms. The minimum atomic E-state index is -0.930. The molecule has 1 N–H and O–H groups in total. The number of rotatable bonds is 7. The lowest BCUT2D eigenvalue weighted by molar-refractivity contribution is -0.129. The van der Waals surface area contributed by atoms with E-state index in [-0.39, 0.29) is 11.7 Å². The Morgan fingerprint density at radius 1 is 1.14 bits per heavy atom. The molecule has 1 atom stereocenters. The predicted molar refractivity (Wildman–Crippen MR) is 107 cm³/mol. The Kier molecular flexibility index (Phi) is 6.20. The van der Waals surface area contributed by atoms with Gasteiger partial charge in [-0.05, 0) is 36.4 Å². The van der Waals surface area contributed by atoms with E-state index in [4.69, 9.17) is 4.74 Å². The molecule has 0 aliphatic carbocycles. The summed E-state index contributed by atoms with van der Waals surface area (Å²) in [6.45, 7) is 6.03. The summed E-state index contributed by atoms with van der Waals surface area (Å²) in [6, 6.07) is 13.2. The standard InChI is InChI=1S/C20H22N4O3S/c1-13(2)12-21-19(25)14(3)27-20(26)17-22-18(16-10-7-11-28-16)24(23-17)15-8-5-4-6-9-15/h4-11,13-14H,12H2,1-3H3,(H,21,25). The summed E-state index contributed by atoms with van der Waals surface area (Å²) >= 11 is 1.50. The summed E-state index contributed by atoms with van der Waals surface area (Å²) in [5.74, 6) is -0.313. The zero-order valence-electron chi connectivity index (χ0n) is 16.0. The molecule has 0 spiro atoms. The van der Waals surface area contributed by atoms with Crippen LogP contribution in [0.3, 0.4) is 0 Å². The average molecular weight is 398 g/mol. The van der Waals surface area contributed by atoms with Gasteiger partial charge < -0.3 is 10.1 Å². The first-order valence-corrected chi connectivity index (χ1v) is 9.88. The summed E-state index contributed by atoms with van der Waals surface area (Å²) in [7, 11) is 0. The summed E-state index contributed by atoms with van der Waals surface area (Å²) in [4.78, 5) is 29.8. The molecule has 0 saturated heterocycles. The summed E-state index contributed by atoms with van der Waals surface area (Å²) in [5, 5.41) is 9.00. The molecule has 3 aromatic rings. The van der Waals surface area contributed by atoms with Crippen LogP contribution < -0.4 is 5.32 Å². The number of carbonyl (C=O) groups is 2. The van der Waals surface area contributed by atoms with Crippen molar-refractivity contribution in [3.63, 3.8) is 0 Å². The van der Waals surface area contributed by atoms with Crippen molar-refractivity contribution in [2.75, 3.05) is 6.54 Å². The van der Waals surface area contributed by atoms with E-state index < -0.39 is 12.1 Å². The minimum absolute atomic E-state index is 0.0873. The van der Waals surface area contributed by atoms with Gasteiger partial charge in [0, 0.05) is 6.54 Å². The number of thiophene rings is 1. The van der Waals surface area contributed by atoms with Gasteiger partial charge in [0.15, 0.2) is 11.9 Å². The Morgan fingerprint density at radius 2 is 1.89 bits per heavy atom.